The highest BCUT2D eigenvalue weighted by molar-refractivity contribution is 8.03. The number of carbonyl (C=O) groups excluding carboxylic acids is 1. The van der Waals surface area contributed by atoms with Gasteiger partial charge in [-0.05, 0) is 54.6 Å². The lowest BCUT2D eigenvalue weighted by molar-refractivity contribution is -0.298. The summed E-state index contributed by atoms with van der Waals surface area (Å²) in [5.41, 5.74) is 1.89. The van der Waals surface area contributed by atoms with E-state index in [0.29, 0.717) is 34.8 Å². The molecule has 0 N–H and O–H groups in total. The molecule has 6 nitrogen and oxygen atoms in total. The monoisotopic (exact) mass is 370 g/mol. The Balaban J connectivity index is 1.90. The number of carbonyl (C=O) groups is 1. The second-order valence-electron chi connectivity index (χ2n) is 5.19. The number of ether oxygens (including phenoxy) is 2. The van der Waals surface area contributed by atoms with Crippen LogP contribution in [0.25, 0.3) is 17.2 Å². The Bertz CT molecular complexity index is 930. The number of methoxy groups -OCH3 is 1. The smallest absolute Gasteiger partial charge is 0.261 e. The number of nitrogens with zero attached hydrogens (tertiary/aromatic N) is 1. The third-order valence-electron chi connectivity index (χ3n) is 3.46. The molecule has 0 amide bonds. The van der Waals surface area contributed by atoms with Gasteiger partial charge in [0, 0.05) is 4.91 Å². The zero-order chi connectivity index (χ0) is 18.5. The summed E-state index contributed by atoms with van der Waals surface area (Å²) in [6, 6.07) is 12.4. The molecule has 0 fully saturated rings. The largest absolute Gasteiger partial charge is 0.544 e. The lowest BCUT2D eigenvalue weighted by Gasteiger charge is -2.10. The fourth-order valence-corrected chi connectivity index (χ4v) is 3.06. The molecule has 0 spiro atoms. The summed E-state index contributed by atoms with van der Waals surface area (Å²) in [7, 11) is 1.53. The van der Waals surface area contributed by atoms with Crippen LogP contribution in [0.15, 0.2) is 57.0 Å². The molecule has 0 aliphatic carbocycles. The minimum atomic E-state index is -1.31. The van der Waals surface area contributed by atoms with Crippen molar-refractivity contribution in [1.29, 1.82) is 0 Å². The first-order chi connectivity index (χ1) is 12.6. The first-order valence-electron chi connectivity index (χ1n) is 7.88. The van der Waals surface area contributed by atoms with E-state index in [9.17, 15) is 9.90 Å². The molecule has 0 saturated carbocycles. The SMILES string of the molecule is CCOc1ccc(/C=C(/Sc2nc3ccccc3o2)C(=O)[O-])cc1OC. The molecular weight excluding hydrogens is 354 g/mol. The van der Waals surface area contributed by atoms with Crippen molar-refractivity contribution in [2.45, 2.75) is 12.1 Å². The fourth-order valence-electron chi connectivity index (χ4n) is 2.32. The third kappa shape index (κ3) is 4.00. The summed E-state index contributed by atoms with van der Waals surface area (Å²) in [6.07, 6.45) is 1.48. The molecule has 3 rings (SSSR count). The van der Waals surface area contributed by atoms with E-state index >= 15 is 0 Å². The van der Waals surface area contributed by atoms with Crippen molar-refractivity contribution < 1.29 is 23.8 Å². The number of hydrogen-bond donors (Lipinski definition) is 0. The number of oxazole rings is 1. The minimum absolute atomic E-state index is 0.0252. The van der Waals surface area contributed by atoms with Gasteiger partial charge in [-0.15, -0.1) is 0 Å². The highest BCUT2D eigenvalue weighted by Gasteiger charge is 2.11. The zero-order valence-corrected chi connectivity index (χ0v) is 15.0. The van der Waals surface area contributed by atoms with Crippen LogP contribution in [-0.2, 0) is 4.79 Å². The van der Waals surface area contributed by atoms with E-state index in [1.54, 1.807) is 30.3 Å². The van der Waals surface area contributed by atoms with E-state index in [2.05, 4.69) is 4.98 Å². The molecule has 0 bridgehead atoms. The molecule has 26 heavy (non-hydrogen) atoms. The number of rotatable bonds is 7. The first-order valence-corrected chi connectivity index (χ1v) is 8.69. The number of aromatic nitrogens is 1. The summed E-state index contributed by atoms with van der Waals surface area (Å²) < 4.78 is 16.3. The number of carboxylic acid groups (broad SMARTS) is 1. The molecule has 3 aromatic rings. The average molecular weight is 370 g/mol. The molecule has 2 aromatic carbocycles. The van der Waals surface area contributed by atoms with Crippen LogP contribution in [0.2, 0.25) is 0 Å². The van der Waals surface area contributed by atoms with Crippen molar-refractivity contribution in [3.8, 4) is 11.5 Å². The van der Waals surface area contributed by atoms with E-state index in [-0.39, 0.29) is 10.1 Å². The maximum Gasteiger partial charge on any atom is 0.261 e. The van der Waals surface area contributed by atoms with Gasteiger partial charge in [0.2, 0.25) is 0 Å². The van der Waals surface area contributed by atoms with Gasteiger partial charge in [0.15, 0.2) is 17.1 Å². The first kappa shape index (κ1) is 17.9. The minimum Gasteiger partial charge on any atom is -0.544 e. The molecule has 0 radical (unpaired) electrons. The van der Waals surface area contributed by atoms with Crippen molar-refractivity contribution in [2.75, 3.05) is 13.7 Å². The molecule has 0 saturated heterocycles. The molecule has 0 aliphatic rings. The summed E-state index contributed by atoms with van der Waals surface area (Å²) in [6.45, 7) is 2.38. The van der Waals surface area contributed by atoms with Gasteiger partial charge in [0.25, 0.3) is 5.22 Å². The maximum absolute atomic E-state index is 11.5. The Morgan fingerprint density at radius 1 is 1.27 bits per heavy atom. The van der Waals surface area contributed by atoms with Crippen LogP contribution >= 0.6 is 11.8 Å². The summed E-state index contributed by atoms with van der Waals surface area (Å²) in [5.74, 6) is -0.205. The lowest BCUT2D eigenvalue weighted by Crippen LogP contribution is -2.23. The quantitative estimate of drug-likeness (QED) is 0.467. The van der Waals surface area contributed by atoms with E-state index in [4.69, 9.17) is 13.9 Å². The number of aliphatic carboxylic acids is 1. The Hall–Kier alpha value is -2.93. The van der Waals surface area contributed by atoms with Crippen LogP contribution in [0.1, 0.15) is 12.5 Å². The Kier molecular flexibility index (Phi) is 5.48. The summed E-state index contributed by atoms with van der Waals surface area (Å²) in [4.78, 5) is 15.8. The fraction of sp³-hybridized carbons (Fsp3) is 0.158. The Morgan fingerprint density at radius 2 is 2.08 bits per heavy atom. The van der Waals surface area contributed by atoms with Crippen molar-refractivity contribution in [3.05, 3.63) is 52.9 Å². The molecule has 1 aromatic heterocycles. The predicted octanol–water partition coefficient (Wildman–Crippen LogP) is 3.12. The highest BCUT2D eigenvalue weighted by Crippen LogP contribution is 2.33. The van der Waals surface area contributed by atoms with Gasteiger partial charge in [0.1, 0.15) is 5.52 Å². The Morgan fingerprint density at radius 3 is 2.77 bits per heavy atom. The number of hydrogen-bond acceptors (Lipinski definition) is 7. The maximum atomic E-state index is 11.5. The van der Waals surface area contributed by atoms with Crippen molar-refractivity contribution in [2.24, 2.45) is 0 Å². The normalized spacial score (nSPS) is 11.5. The van der Waals surface area contributed by atoms with Crippen LogP contribution in [-0.4, -0.2) is 24.7 Å². The lowest BCUT2D eigenvalue weighted by atomic mass is 10.2. The highest BCUT2D eigenvalue weighted by atomic mass is 32.2. The van der Waals surface area contributed by atoms with Gasteiger partial charge in [-0.2, -0.15) is 0 Å². The molecule has 1 heterocycles. The van der Waals surface area contributed by atoms with Crippen LogP contribution in [0.4, 0.5) is 0 Å². The standard InChI is InChI=1S/C19H17NO5S/c1-3-24-15-9-8-12(10-16(15)23-2)11-17(18(21)22)26-19-20-13-6-4-5-7-14(13)25-19/h4-11H,3H2,1-2H3,(H,21,22)/p-1/b17-11+. The van der Waals surface area contributed by atoms with Gasteiger partial charge in [-0.1, -0.05) is 18.2 Å². The van der Waals surface area contributed by atoms with E-state index in [1.165, 1.54) is 13.2 Å². The summed E-state index contributed by atoms with van der Waals surface area (Å²) >= 11 is 0.895. The second kappa shape index (κ2) is 7.97. The Labute approximate surface area is 154 Å². The number of para-hydroxylation sites is 2. The number of thioether (sulfide) groups is 1. The van der Waals surface area contributed by atoms with Crippen molar-refractivity contribution in [1.82, 2.24) is 4.98 Å². The molecule has 0 unspecified atom stereocenters. The average Bonchev–Trinajstić information content (AvgIpc) is 3.04. The van der Waals surface area contributed by atoms with Crippen LogP contribution in [0.5, 0.6) is 11.5 Å². The molecular formula is C19H16NO5S-. The summed E-state index contributed by atoms with van der Waals surface area (Å²) in [5, 5.41) is 11.8. The van der Waals surface area contributed by atoms with E-state index in [1.807, 2.05) is 19.1 Å². The van der Waals surface area contributed by atoms with E-state index in [0.717, 1.165) is 11.8 Å². The molecule has 0 atom stereocenters. The van der Waals surface area contributed by atoms with Gasteiger partial charge in [-0.3, -0.25) is 0 Å². The molecule has 0 aliphatic heterocycles. The van der Waals surface area contributed by atoms with Crippen LogP contribution < -0.4 is 14.6 Å². The number of fused-ring (bicyclic) bond motifs is 1. The van der Waals surface area contributed by atoms with Gasteiger partial charge < -0.3 is 23.8 Å². The van der Waals surface area contributed by atoms with Gasteiger partial charge in [0.05, 0.1) is 19.7 Å². The van der Waals surface area contributed by atoms with Crippen LogP contribution in [0, 0.1) is 0 Å². The van der Waals surface area contributed by atoms with Gasteiger partial charge >= 0.3 is 0 Å². The number of benzene rings is 2. The predicted molar refractivity (Wildman–Crippen MR) is 97.0 cm³/mol. The topological polar surface area (TPSA) is 84.6 Å². The number of carboxylic acids is 1. The second-order valence-corrected chi connectivity index (χ2v) is 6.18. The van der Waals surface area contributed by atoms with Crippen LogP contribution in [0.3, 0.4) is 0 Å². The van der Waals surface area contributed by atoms with Gasteiger partial charge in [-0.25, -0.2) is 4.98 Å². The molecule has 7 heteroatoms. The van der Waals surface area contributed by atoms with Crippen molar-refractivity contribution in [3.63, 3.8) is 0 Å². The van der Waals surface area contributed by atoms with Crippen molar-refractivity contribution >= 4 is 34.9 Å². The van der Waals surface area contributed by atoms with E-state index < -0.39 is 5.97 Å². The zero-order valence-electron chi connectivity index (χ0n) is 14.2. The third-order valence-corrected chi connectivity index (χ3v) is 4.31. The molecule has 134 valence electrons.